The first-order valence-electron chi connectivity index (χ1n) is 7.26. The number of hydrogen-bond donors (Lipinski definition) is 1. The first kappa shape index (κ1) is 13.5. The number of aryl methyl sites for hydroxylation is 2. The van der Waals surface area contributed by atoms with E-state index >= 15 is 0 Å². The molecule has 0 radical (unpaired) electrons. The van der Waals surface area contributed by atoms with Gasteiger partial charge in [-0.1, -0.05) is 32.1 Å². The molecule has 0 amide bonds. The van der Waals surface area contributed by atoms with Crippen molar-refractivity contribution in [3.8, 4) is 0 Å². The lowest BCUT2D eigenvalue weighted by molar-refractivity contribution is 0.441. The molecule has 1 fully saturated rings. The summed E-state index contributed by atoms with van der Waals surface area (Å²) >= 11 is 0. The second kappa shape index (κ2) is 6.28. The average molecular weight is 247 g/mol. The normalized spacial score (nSPS) is 18.4. The first-order valence-corrected chi connectivity index (χ1v) is 7.26. The summed E-state index contributed by atoms with van der Waals surface area (Å²) < 4.78 is 0. The fourth-order valence-corrected chi connectivity index (χ4v) is 2.96. The zero-order valence-electron chi connectivity index (χ0n) is 11.7. The Morgan fingerprint density at radius 3 is 1.94 bits per heavy atom. The predicted octanol–water partition coefficient (Wildman–Crippen LogP) is 3.38. The van der Waals surface area contributed by atoms with Crippen LogP contribution in [0.3, 0.4) is 0 Å². The highest BCUT2D eigenvalue weighted by Crippen LogP contribution is 2.29. The van der Waals surface area contributed by atoms with Crippen LogP contribution in [0.2, 0.25) is 0 Å². The van der Waals surface area contributed by atoms with Crippen molar-refractivity contribution in [2.24, 2.45) is 5.73 Å². The molecule has 0 saturated heterocycles. The van der Waals surface area contributed by atoms with Crippen LogP contribution < -0.4 is 5.73 Å². The van der Waals surface area contributed by atoms with Crippen molar-refractivity contribution in [1.82, 2.24) is 9.97 Å². The van der Waals surface area contributed by atoms with Crippen LogP contribution in [-0.2, 0) is 6.54 Å². The van der Waals surface area contributed by atoms with Gasteiger partial charge in [-0.15, -0.1) is 0 Å². The number of rotatable bonds is 2. The maximum atomic E-state index is 5.75. The average Bonchev–Trinajstić information content (AvgIpc) is 2.27. The van der Waals surface area contributed by atoms with E-state index in [1.165, 1.54) is 44.9 Å². The minimum Gasteiger partial charge on any atom is -0.326 e. The van der Waals surface area contributed by atoms with Crippen LogP contribution in [0.4, 0.5) is 0 Å². The topological polar surface area (TPSA) is 51.8 Å². The molecule has 0 unspecified atom stereocenters. The maximum absolute atomic E-state index is 5.75. The van der Waals surface area contributed by atoms with Gasteiger partial charge in [0.15, 0.2) is 0 Å². The lowest BCUT2D eigenvalue weighted by atomic mass is 9.90. The summed E-state index contributed by atoms with van der Waals surface area (Å²) in [6, 6.07) is 0. The Morgan fingerprint density at radius 1 is 0.944 bits per heavy atom. The van der Waals surface area contributed by atoms with E-state index in [4.69, 9.17) is 15.7 Å². The standard InChI is InChI=1S/C15H25N3/c1-11-14(10-16)12(2)18-15(17-11)13-8-6-4-3-5-7-9-13/h13H,3-10,16H2,1-2H3. The molecule has 100 valence electrons. The van der Waals surface area contributed by atoms with Gasteiger partial charge >= 0.3 is 0 Å². The van der Waals surface area contributed by atoms with E-state index in [1.807, 2.05) is 0 Å². The number of hydrogen-bond acceptors (Lipinski definition) is 3. The van der Waals surface area contributed by atoms with Crippen LogP contribution in [0, 0.1) is 13.8 Å². The Morgan fingerprint density at radius 2 is 1.44 bits per heavy atom. The molecule has 1 heterocycles. The highest BCUT2D eigenvalue weighted by molar-refractivity contribution is 5.24. The SMILES string of the molecule is Cc1nc(C2CCCCCCC2)nc(C)c1CN. The van der Waals surface area contributed by atoms with Gasteiger partial charge in [-0.05, 0) is 26.7 Å². The van der Waals surface area contributed by atoms with E-state index in [0.29, 0.717) is 12.5 Å². The zero-order valence-corrected chi connectivity index (χ0v) is 11.7. The van der Waals surface area contributed by atoms with E-state index in [1.54, 1.807) is 0 Å². The molecule has 1 aromatic heterocycles. The van der Waals surface area contributed by atoms with Gasteiger partial charge in [0.05, 0.1) is 0 Å². The number of aromatic nitrogens is 2. The Kier molecular flexibility index (Phi) is 4.70. The summed E-state index contributed by atoms with van der Waals surface area (Å²) in [6.45, 7) is 4.66. The van der Waals surface area contributed by atoms with E-state index in [2.05, 4.69) is 13.8 Å². The molecular formula is C15H25N3. The second-order valence-electron chi connectivity index (χ2n) is 5.48. The van der Waals surface area contributed by atoms with E-state index in [-0.39, 0.29) is 0 Å². The third-order valence-electron chi connectivity index (χ3n) is 4.11. The Bertz CT molecular complexity index is 370. The fraction of sp³-hybridized carbons (Fsp3) is 0.733. The van der Waals surface area contributed by atoms with Crippen molar-refractivity contribution < 1.29 is 0 Å². The minimum atomic E-state index is 0.544. The smallest absolute Gasteiger partial charge is 0.131 e. The number of nitrogens with two attached hydrogens (primary N) is 1. The molecule has 3 heteroatoms. The van der Waals surface area contributed by atoms with Gasteiger partial charge in [0.2, 0.25) is 0 Å². The molecule has 0 atom stereocenters. The van der Waals surface area contributed by atoms with Crippen LogP contribution in [0.15, 0.2) is 0 Å². The third kappa shape index (κ3) is 3.08. The summed E-state index contributed by atoms with van der Waals surface area (Å²) in [6.07, 6.45) is 9.29. The largest absolute Gasteiger partial charge is 0.326 e. The van der Waals surface area contributed by atoms with Crippen LogP contribution in [0.1, 0.15) is 73.6 Å². The Hall–Kier alpha value is -0.960. The molecular weight excluding hydrogens is 222 g/mol. The molecule has 1 aliphatic carbocycles. The van der Waals surface area contributed by atoms with Crippen molar-refractivity contribution in [1.29, 1.82) is 0 Å². The summed E-state index contributed by atoms with van der Waals surface area (Å²) in [5.74, 6) is 1.62. The molecule has 3 nitrogen and oxygen atoms in total. The molecule has 18 heavy (non-hydrogen) atoms. The molecule has 1 saturated carbocycles. The highest BCUT2D eigenvalue weighted by Gasteiger charge is 2.18. The van der Waals surface area contributed by atoms with Gasteiger partial charge in [-0.2, -0.15) is 0 Å². The van der Waals surface area contributed by atoms with Crippen molar-refractivity contribution in [3.63, 3.8) is 0 Å². The Balaban J connectivity index is 2.21. The van der Waals surface area contributed by atoms with Crippen molar-refractivity contribution in [2.45, 2.75) is 71.3 Å². The van der Waals surface area contributed by atoms with Crippen LogP contribution in [0.25, 0.3) is 0 Å². The molecule has 0 aliphatic heterocycles. The minimum absolute atomic E-state index is 0.544. The van der Waals surface area contributed by atoms with E-state index in [9.17, 15) is 0 Å². The molecule has 1 aromatic rings. The molecule has 2 rings (SSSR count). The van der Waals surface area contributed by atoms with Gasteiger partial charge in [0.1, 0.15) is 5.82 Å². The molecule has 1 aliphatic rings. The lowest BCUT2D eigenvalue weighted by Gasteiger charge is -2.20. The third-order valence-corrected chi connectivity index (χ3v) is 4.11. The van der Waals surface area contributed by atoms with Gasteiger partial charge in [0, 0.05) is 29.4 Å². The van der Waals surface area contributed by atoms with Gasteiger partial charge in [0.25, 0.3) is 0 Å². The van der Waals surface area contributed by atoms with Crippen molar-refractivity contribution in [2.75, 3.05) is 0 Å². The van der Waals surface area contributed by atoms with Crippen LogP contribution in [0.5, 0.6) is 0 Å². The van der Waals surface area contributed by atoms with Crippen molar-refractivity contribution >= 4 is 0 Å². The summed E-state index contributed by atoms with van der Waals surface area (Å²) in [5.41, 5.74) is 9.00. The highest BCUT2D eigenvalue weighted by atomic mass is 14.9. The first-order chi connectivity index (χ1) is 8.72. The summed E-state index contributed by atoms with van der Waals surface area (Å²) in [7, 11) is 0. The van der Waals surface area contributed by atoms with E-state index in [0.717, 1.165) is 22.8 Å². The molecule has 0 aromatic carbocycles. The summed E-state index contributed by atoms with van der Waals surface area (Å²) in [4.78, 5) is 9.42. The number of nitrogens with zero attached hydrogens (tertiary/aromatic N) is 2. The molecule has 0 spiro atoms. The summed E-state index contributed by atoms with van der Waals surface area (Å²) in [5, 5.41) is 0. The van der Waals surface area contributed by atoms with E-state index < -0.39 is 0 Å². The molecule has 2 N–H and O–H groups in total. The van der Waals surface area contributed by atoms with Crippen LogP contribution in [-0.4, -0.2) is 9.97 Å². The van der Waals surface area contributed by atoms with Crippen molar-refractivity contribution in [3.05, 3.63) is 22.8 Å². The van der Waals surface area contributed by atoms with Gasteiger partial charge in [-0.25, -0.2) is 9.97 Å². The van der Waals surface area contributed by atoms with Crippen LogP contribution >= 0.6 is 0 Å². The quantitative estimate of drug-likeness (QED) is 0.871. The monoisotopic (exact) mass is 247 g/mol. The predicted molar refractivity (Wildman–Crippen MR) is 74.5 cm³/mol. The lowest BCUT2D eigenvalue weighted by Crippen LogP contribution is -2.13. The second-order valence-corrected chi connectivity index (χ2v) is 5.48. The fourth-order valence-electron chi connectivity index (χ4n) is 2.96. The Labute approximate surface area is 110 Å². The zero-order chi connectivity index (χ0) is 13.0. The molecule has 0 bridgehead atoms. The van der Waals surface area contributed by atoms with Gasteiger partial charge < -0.3 is 5.73 Å². The van der Waals surface area contributed by atoms with Gasteiger partial charge in [-0.3, -0.25) is 0 Å². The maximum Gasteiger partial charge on any atom is 0.131 e.